The molecule has 144 valence electrons. The van der Waals surface area contributed by atoms with E-state index in [9.17, 15) is 0 Å². The molecule has 3 aromatic rings. The van der Waals surface area contributed by atoms with Crippen molar-refractivity contribution in [3.8, 4) is 11.8 Å². The topological polar surface area (TPSA) is 21.6 Å². The Morgan fingerprint density at radius 2 is 1.59 bits per heavy atom. The number of hydrogen-bond acceptors (Lipinski definition) is 2. The molecule has 0 bridgehead atoms. The molecular weight excluding hydrogens is 354 g/mol. The zero-order valence-electron chi connectivity index (χ0n) is 16.8. The summed E-state index contributed by atoms with van der Waals surface area (Å²) in [6.07, 6.45) is 3.54. The Hall–Kier alpha value is -3.31. The maximum atomic E-state index is 6.17. The molecule has 4 rings (SSSR count). The summed E-state index contributed by atoms with van der Waals surface area (Å²) in [5.41, 5.74) is 5.05. The third-order valence-electron chi connectivity index (χ3n) is 5.24. The summed E-state index contributed by atoms with van der Waals surface area (Å²) in [5.74, 6) is 6.41. The summed E-state index contributed by atoms with van der Waals surface area (Å²) < 4.78 is 0. The van der Waals surface area contributed by atoms with E-state index in [1.165, 1.54) is 5.56 Å². The van der Waals surface area contributed by atoms with Crippen molar-refractivity contribution in [2.45, 2.75) is 38.2 Å². The van der Waals surface area contributed by atoms with Gasteiger partial charge in [0.25, 0.3) is 0 Å². The van der Waals surface area contributed by atoms with Gasteiger partial charge >= 0.3 is 0 Å². The monoisotopic (exact) mass is 379 g/mol. The number of oxime groups is 1. The lowest BCUT2D eigenvalue weighted by Crippen LogP contribution is -2.29. The highest BCUT2D eigenvalue weighted by atomic mass is 16.7. The Labute approximate surface area is 173 Å². The van der Waals surface area contributed by atoms with Gasteiger partial charge < -0.3 is 4.84 Å². The van der Waals surface area contributed by atoms with Crippen LogP contribution in [0.3, 0.4) is 0 Å². The minimum Gasteiger partial charge on any atom is -0.383 e. The number of hydrogen-bond donors (Lipinski definition) is 0. The van der Waals surface area contributed by atoms with E-state index in [0.29, 0.717) is 0 Å². The molecule has 1 aliphatic rings. The second-order valence-corrected chi connectivity index (χ2v) is 7.46. The van der Waals surface area contributed by atoms with E-state index in [4.69, 9.17) is 4.84 Å². The van der Waals surface area contributed by atoms with Crippen LogP contribution < -0.4 is 0 Å². The first kappa shape index (κ1) is 19.0. The quantitative estimate of drug-likeness (QED) is 0.491. The van der Waals surface area contributed by atoms with Crippen molar-refractivity contribution in [2.75, 3.05) is 0 Å². The first-order valence-electron chi connectivity index (χ1n) is 10.2. The number of rotatable bonds is 5. The van der Waals surface area contributed by atoms with Crippen molar-refractivity contribution >= 4 is 5.71 Å². The van der Waals surface area contributed by atoms with E-state index < -0.39 is 5.60 Å². The molecule has 0 radical (unpaired) electrons. The molecular formula is C27H25NO. The largest absolute Gasteiger partial charge is 0.383 e. The molecule has 1 unspecified atom stereocenters. The van der Waals surface area contributed by atoms with Gasteiger partial charge in [-0.2, -0.15) is 0 Å². The minimum absolute atomic E-state index is 0.475. The molecule has 0 spiro atoms. The molecule has 29 heavy (non-hydrogen) atoms. The lowest BCUT2D eigenvalue weighted by atomic mass is 9.82. The lowest BCUT2D eigenvalue weighted by molar-refractivity contribution is -0.0230. The summed E-state index contributed by atoms with van der Waals surface area (Å²) in [6.45, 7) is 2.14. The Morgan fingerprint density at radius 3 is 2.28 bits per heavy atom. The fourth-order valence-corrected chi connectivity index (χ4v) is 3.69. The van der Waals surface area contributed by atoms with E-state index >= 15 is 0 Å². The highest BCUT2D eigenvalue weighted by molar-refractivity contribution is 6.01. The van der Waals surface area contributed by atoms with E-state index in [1.807, 2.05) is 12.1 Å². The summed E-state index contributed by atoms with van der Waals surface area (Å²) >= 11 is 0. The zero-order chi connectivity index (χ0) is 19.9. The van der Waals surface area contributed by atoms with Crippen LogP contribution in [0.1, 0.15) is 48.4 Å². The molecule has 2 nitrogen and oxygen atoms in total. The van der Waals surface area contributed by atoms with Crippen LogP contribution in [-0.2, 0) is 16.9 Å². The van der Waals surface area contributed by atoms with Crippen LogP contribution in [0.5, 0.6) is 0 Å². The van der Waals surface area contributed by atoms with Crippen molar-refractivity contribution in [3.63, 3.8) is 0 Å². The van der Waals surface area contributed by atoms with Gasteiger partial charge in [0.2, 0.25) is 0 Å². The Balaban J connectivity index is 1.58. The number of unbranched alkanes of at least 4 members (excludes halogenated alkanes) is 1. The van der Waals surface area contributed by atoms with Crippen LogP contribution in [0.2, 0.25) is 0 Å². The molecule has 0 amide bonds. The molecule has 1 heterocycles. The molecule has 0 saturated heterocycles. The smallest absolute Gasteiger partial charge is 0.172 e. The van der Waals surface area contributed by atoms with Gasteiger partial charge in [-0.1, -0.05) is 96.7 Å². The van der Waals surface area contributed by atoms with Crippen molar-refractivity contribution in [2.24, 2.45) is 5.16 Å². The third kappa shape index (κ3) is 4.41. The minimum atomic E-state index is -0.475. The number of benzene rings is 3. The first-order valence-corrected chi connectivity index (χ1v) is 10.2. The van der Waals surface area contributed by atoms with Crippen LogP contribution in [0, 0.1) is 11.8 Å². The van der Waals surface area contributed by atoms with Gasteiger partial charge in [-0.3, -0.25) is 0 Å². The van der Waals surface area contributed by atoms with Crippen LogP contribution in [-0.4, -0.2) is 5.71 Å². The van der Waals surface area contributed by atoms with E-state index in [-0.39, 0.29) is 0 Å². The van der Waals surface area contributed by atoms with Crippen molar-refractivity contribution in [1.29, 1.82) is 0 Å². The van der Waals surface area contributed by atoms with Gasteiger partial charge in [0, 0.05) is 24.8 Å². The average molecular weight is 380 g/mol. The molecule has 0 saturated carbocycles. The van der Waals surface area contributed by atoms with E-state index in [1.54, 1.807) is 0 Å². The fourth-order valence-electron chi connectivity index (χ4n) is 3.69. The molecule has 2 heteroatoms. The molecule has 1 aliphatic heterocycles. The molecule has 0 fully saturated rings. The Bertz CT molecular complexity index is 1030. The van der Waals surface area contributed by atoms with Crippen LogP contribution in [0.15, 0.2) is 90.1 Å². The van der Waals surface area contributed by atoms with Gasteiger partial charge in [-0.15, -0.1) is 0 Å². The molecule has 1 atom stereocenters. The van der Waals surface area contributed by atoms with Gasteiger partial charge in [-0.05, 0) is 35.2 Å². The van der Waals surface area contributed by atoms with Gasteiger partial charge in [-0.25, -0.2) is 0 Å². The van der Waals surface area contributed by atoms with Crippen LogP contribution in [0.4, 0.5) is 0 Å². The predicted octanol–water partition coefficient (Wildman–Crippen LogP) is 6.10. The lowest BCUT2D eigenvalue weighted by Gasteiger charge is -2.27. The fraction of sp³-hybridized carbons (Fsp3) is 0.222. The Morgan fingerprint density at radius 1 is 0.897 bits per heavy atom. The zero-order valence-corrected chi connectivity index (χ0v) is 16.8. The van der Waals surface area contributed by atoms with Gasteiger partial charge in [0.05, 0.1) is 5.71 Å². The Kier molecular flexibility index (Phi) is 5.77. The molecule has 0 aliphatic carbocycles. The second kappa shape index (κ2) is 8.80. The van der Waals surface area contributed by atoms with Crippen molar-refractivity contribution in [1.82, 2.24) is 0 Å². The standard InChI is InChI=1S/C27H25NO/c1-2-3-6-11-22-16-18-24(19-17-22)26-21-27(29-28-26,25-14-9-5-10-15-25)20-23-12-7-4-8-13-23/h4-5,7-10,12-19H,2-3,20-21H2,1H3. The maximum absolute atomic E-state index is 6.17. The van der Waals surface area contributed by atoms with E-state index in [2.05, 4.69) is 96.7 Å². The van der Waals surface area contributed by atoms with E-state index in [0.717, 1.165) is 48.1 Å². The third-order valence-corrected chi connectivity index (χ3v) is 5.24. The summed E-state index contributed by atoms with van der Waals surface area (Å²) in [5, 5.41) is 4.52. The highest BCUT2D eigenvalue weighted by Crippen LogP contribution is 2.39. The summed E-state index contributed by atoms with van der Waals surface area (Å²) in [6, 6.07) is 29.2. The van der Waals surface area contributed by atoms with Crippen LogP contribution in [0.25, 0.3) is 0 Å². The molecule has 3 aromatic carbocycles. The first-order chi connectivity index (χ1) is 14.3. The normalized spacial score (nSPS) is 17.8. The van der Waals surface area contributed by atoms with Crippen molar-refractivity contribution in [3.05, 3.63) is 107 Å². The van der Waals surface area contributed by atoms with Crippen LogP contribution >= 0.6 is 0 Å². The van der Waals surface area contributed by atoms with Crippen molar-refractivity contribution < 1.29 is 4.84 Å². The maximum Gasteiger partial charge on any atom is 0.172 e. The van der Waals surface area contributed by atoms with Gasteiger partial charge in [0.15, 0.2) is 5.60 Å². The predicted molar refractivity (Wildman–Crippen MR) is 119 cm³/mol. The SMILES string of the molecule is CCCC#Cc1ccc(C2=NOC(Cc3ccccc3)(c3ccccc3)C2)cc1. The second-order valence-electron chi connectivity index (χ2n) is 7.46. The molecule has 0 N–H and O–H groups in total. The highest BCUT2D eigenvalue weighted by Gasteiger charge is 2.41. The van der Waals surface area contributed by atoms with Gasteiger partial charge in [0.1, 0.15) is 0 Å². The molecule has 0 aromatic heterocycles. The summed E-state index contributed by atoms with van der Waals surface area (Å²) in [7, 11) is 0. The number of nitrogens with zero attached hydrogens (tertiary/aromatic N) is 1. The summed E-state index contributed by atoms with van der Waals surface area (Å²) in [4.78, 5) is 6.17. The average Bonchev–Trinajstić information content (AvgIpc) is 3.21.